The third-order valence-electron chi connectivity index (χ3n) is 4.92. The maximum absolute atomic E-state index is 12.9. The average molecular weight is 352 g/mol. The van der Waals surface area contributed by atoms with Gasteiger partial charge in [-0.15, -0.1) is 0 Å². The minimum Gasteiger partial charge on any atom is -0.355 e. The molecule has 0 N–H and O–H groups in total. The van der Waals surface area contributed by atoms with Crippen LogP contribution in [0.25, 0.3) is 0 Å². The molecule has 3 rings (SSSR count). The normalized spacial score (nSPS) is 17.4. The van der Waals surface area contributed by atoms with E-state index < -0.39 is 0 Å². The van der Waals surface area contributed by atoms with Gasteiger partial charge in [0, 0.05) is 25.7 Å². The van der Waals surface area contributed by atoms with Gasteiger partial charge in [-0.05, 0) is 38.2 Å². The molecule has 26 heavy (non-hydrogen) atoms. The molecule has 5 nitrogen and oxygen atoms in total. The number of anilines is 1. The van der Waals surface area contributed by atoms with Crippen LogP contribution in [0.3, 0.4) is 0 Å². The zero-order chi connectivity index (χ0) is 18.5. The van der Waals surface area contributed by atoms with Crippen molar-refractivity contribution < 1.29 is 4.79 Å². The Morgan fingerprint density at radius 2 is 2.00 bits per heavy atom. The molecule has 1 atom stereocenters. The standard InChI is InChI=1S/C21H28N4O/c1-16(2)25(15-18-9-5-4-6-10-18)21(26)19-12-23-20(13-22-19)24-11-7-8-17(3)14-24/h4-6,9-10,12-13,16-17H,7-8,11,14-15H2,1-3H3. The first kappa shape index (κ1) is 18.4. The Morgan fingerprint density at radius 3 is 2.62 bits per heavy atom. The molecular weight excluding hydrogens is 324 g/mol. The van der Waals surface area contributed by atoms with Gasteiger partial charge in [-0.25, -0.2) is 9.97 Å². The number of hydrogen-bond donors (Lipinski definition) is 0. The van der Waals surface area contributed by atoms with Crippen LogP contribution in [-0.4, -0.2) is 39.9 Å². The van der Waals surface area contributed by atoms with Gasteiger partial charge in [0.2, 0.25) is 0 Å². The first-order valence-corrected chi connectivity index (χ1v) is 9.46. The van der Waals surface area contributed by atoms with E-state index in [1.165, 1.54) is 12.8 Å². The molecule has 0 saturated carbocycles. The van der Waals surface area contributed by atoms with Crippen molar-refractivity contribution in [1.29, 1.82) is 0 Å². The van der Waals surface area contributed by atoms with Gasteiger partial charge in [0.25, 0.3) is 5.91 Å². The van der Waals surface area contributed by atoms with Crippen LogP contribution in [0, 0.1) is 5.92 Å². The number of carbonyl (C=O) groups is 1. The molecule has 5 heteroatoms. The quantitative estimate of drug-likeness (QED) is 0.822. The Hall–Kier alpha value is -2.43. The third-order valence-corrected chi connectivity index (χ3v) is 4.92. The molecule has 1 fully saturated rings. The van der Waals surface area contributed by atoms with E-state index in [1.807, 2.05) is 49.1 Å². The smallest absolute Gasteiger partial charge is 0.274 e. The highest BCUT2D eigenvalue weighted by atomic mass is 16.2. The number of nitrogens with zero attached hydrogens (tertiary/aromatic N) is 4. The van der Waals surface area contributed by atoms with Crippen LogP contribution < -0.4 is 4.90 Å². The predicted octanol–water partition coefficient (Wildman–Crippen LogP) is 3.76. The van der Waals surface area contributed by atoms with E-state index in [0.717, 1.165) is 24.5 Å². The summed E-state index contributed by atoms with van der Waals surface area (Å²) < 4.78 is 0. The summed E-state index contributed by atoms with van der Waals surface area (Å²) in [5, 5.41) is 0. The van der Waals surface area contributed by atoms with Crippen LogP contribution in [0.15, 0.2) is 42.7 Å². The highest BCUT2D eigenvalue weighted by Gasteiger charge is 2.22. The molecule has 1 saturated heterocycles. The highest BCUT2D eigenvalue weighted by molar-refractivity contribution is 5.92. The number of carbonyl (C=O) groups excluding carboxylic acids is 1. The lowest BCUT2D eigenvalue weighted by molar-refractivity contribution is 0.0684. The first-order valence-electron chi connectivity index (χ1n) is 9.46. The molecule has 0 spiro atoms. The molecule has 1 aromatic carbocycles. The summed E-state index contributed by atoms with van der Waals surface area (Å²) in [4.78, 5) is 26.0. The monoisotopic (exact) mass is 352 g/mol. The lowest BCUT2D eigenvalue weighted by Crippen LogP contribution is -2.37. The summed E-state index contributed by atoms with van der Waals surface area (Å²) in [5.74, 6) is 1.47. The van der Waals surface area contributed by atoms with Crippen molar-refractivity contribution in [2.45, 2.75) is 46.2 Å². The van der Waals surface area contributed by atoms with Gasteiger partial charge in [0.05, 0.1) is 12.4 Å². The molecule has 0 radical (unpaired) electrons. The van der Waals surface area contributed by atoms with Crippen LogP contribution in [0.1, 0.15) is 49.7 Å². The summed E-state index contributed by atoms with van der Waals surface area (Å²) in [6, 6.07) is 10.1. The van der Waals surface area contributed by atoms with Crippen LogP contribution in [-0.2, 0) is 6.54 Å². The number of piperidine rings is 1. The summed E-state index contributed by atoms with van der Waals surface area (Å²) in [6.45, 7) is 8.91. The Morgan fingerprint density at radius 1 is 1.23 bits per heavy atom. The molecular formula is C21H28N4O. The van der Waals surface area contributed by atoms with E-state index in [1.54, 1.807) is 12.4 Å². The van der Waals surface area contributed by atoms with E-state index in [2.05, 4.69) is 21.8 Å². The van der Waals surface area contributed by atoms with Gasteiger partial charge in [-0.3, -0.25) is 4.79 Å². The zero-order valence-electron chi connectivity index (χ0n) is 15.9. The van der Waals surface area contributed by atoms with E-state index in [9.17, 15) is 4.79 Å². The zero-order valence-corrected chi connectivity index (χ0v) is 15.9. The lowest BCUT2D eigenvalue weighted by atomic mass is 10.0. The molecule has 1 aliphatic rings. The second kappa shape index (κ2) is 8.30. The fourth-order valence-electron chi connectivity index (χ4n) is 3.41. The number of amides is 1. The summed E-state index contributed by atoms with van der Waals surface area (Å²) >= 11 is 0. The van der Waals surface area contributed by atoms with Crippen molar-refractivity contribution in [1.82, 2.24) is 14.9 Å². The van der Waals surface area contributed by atoms with Crippen LogP contribution in [0.2, 0.25) is 0 Å². The molecule has 138 valence electrons. The third kappa shape index (κ3) is 4.40. The number of aromatic nitrogens is 2. The highest BCUT2D eigenvalue weighted by Crippen LogP contribution is 2.21. The predicted molar refractivity (Wildman–Crippen MR) is 104 cm³/mol. The van der Waals surface area contributed by atoms with Crippen molar-refractivity contribution in [2.75, 3.05) is 18.0 Å². The average Bonchev–Trinajstić information content (AvgIpc) is 2.66. The molecule has 0 bridgehead atoms. The van der Waals surface area contributed by atoms with Crippen LogP contribution in [0.5, 0.6) is 0 Å². The van der Waals surface area contributed by atoms with Crippen molar-refractivity contribution in [2.24, 2.45) is 5.92 Å². The summed E-state index contributed by atoms with van der Waals surface area (Å²) in [6.07, 6.45) is 5.81. The lowest BCUT2D eigenvalue weighted by Gasteiger charge is -2.31. The summed E-state index contributed by atoms with van der Waals surface area (Å²) in [5.41, 5.74) is 1.52. The van der Waals surface area contributed by atoms with Crippen molar-refractivity contribution in [3.05, 3.63) is 54.0 Å². The van der Waals surface area contributed by atoms with E-state index in [-0.39, 0.29) is 11.9 Å². The van der Waals surface area contributed by atoms with Gasteiger partial charge >= 0.3 is 0 Å². The van der Waals surface area contributed by atoms with Crippen LogP contribution >= 0.6 is 0 Å². The fraction of sp³-hybridized carbons (Fsp3) is 0.476. The topological polar surface area (TPSA) is 49.3 Å². The molecule has 2 aromatic rings. The van der Waals surface area contributed by atoms with Gasteiger partial charge in [-0.1, -0.05) is 37.3 Å². The molecule has 1 aliphatic heterocycles. The number of hydrogen-bond acceptors (Lipinski definition) is 4. The SMILES string of the molecule is CC1CCCN(c2cnc(C(=O)N(Cc3ccccc3)C(C)C)cn2)C1. The Balaban J connectivity index is 1.73. The van der Waals surface area contributed by atoms with Gasteiger partial charge < -0.3 is 9.80 Å². The molecule has 1 amide bonds. The maximum atomic E-state index is 12.9. The Kier molecular flexibility index (Phi) is 5.86. The van der Waals surface area contributed by atoms with Gasteiger partial charge in [0.15, 0.2) is 0 Å². The van der Waals surface area contributed by atoms with E-state index in [0.29, 0.717) is 18.2 Å². The van der Waals surface area contributed by atoms with Crippen molar-refractivity contribution in [3.63, 3.8) is 0 Å². The number of benzene rings is 1. The molecule has 0 aliphatic carbocycles. The Bertz CT molecular complexity index is 715. The van der Waals surface area contributed by atoms with Crippen molar-refractivity contribution >= 4 is 11.7 Å². The van der Waals surface area contributed by atoms with Crippen LogP contribution in [0.4, 0.5) is 5.82 Å². The second-order valence-electron chi connectivity index (χ2n) is 7.47. The van der Waals surface area contributed by atoms with Gasteiger partial charge in [0.1, 0.15) is 11.5 Å². The molecule has 2 heterocycles. The van der Waals surface area contributed by atoms with Crippen molar-refractivity contribution in [3.8, 4) is 0 Å². The van der Waals surface area contributed by atoms with E-state index >= 15 is 0 Å². The maximum Gasteiger partial charge on any atom is 0.274 e. The molecule has 1 aromatic heterocycles. The van der Waals surface area contributed by atoms with Gasteiger partial charge in [-0.2, -0.15) is 0 Å². The Labute approximate surface area is 156 Å². The minimum atomic E-state index is -0.0742. The number of rotatable bonds is 5. The second-order valence-corrected chi connectivity index (χ2v) is 7.47. The largest absolute Gasteiger partial charge is 0.355 e. The minimum absolute atomic E-state index is 0.0742. The molecule has 1 unspecified atom stereocenters. The fourth-order valence-corrected chi connectivity index (χ4v) is 3.41. The van der Waals surface area contributed by atoms with E-state index in [4.69, 9.17) is 0 Å². The first-order chi connectivity index (χ1) is 12.5. The summed E-state index contributed by atoms with van der Waals surface area (Å²) in [7, 11) is 0.